The molecule has 3 heterocycles. The number of fused-ring (bicyclic) bond motifs is 1. The number of hydrogen-bond acceptors (Lipinski definition) is 3. The molecule has 0 aliphatic carbocycles. The first-order valence-corrected chi connectivity index (χ1v) is 11.6. The Kier molecular flexibility index (Phi) is 5.81. The molecule has 3 aromatic rings. The minimum Gasteiger partial charge on any atom is -0.351 e. The van der Waals surface area contributed by atoms with Crippen LogP contribution >= 0.6 is 11.6 Å². The second kappa shape index (κ2) is 8.90. The van der Waals surface area contributed by atoms with Crippen LogP contribution in [0.15, 0.2) is 48.5 Å². The fraction of sp³-hybridized carbons (Fsp3) is 0.320. The number of halogens is 1. The Morgan fingerprint density at radius 3 is 2.52 bits per heavy atom. The third-order valence-corrected chi connectivity index (χ3v) is 6.62. The predicted molar refractivity (Wildman–Crippen MR) is 129 cm³/mol. The van der Waals surface area contributed by atoms with Crippen LogP contribution in [-0.4, -0.2) is 42.3 Å². The smallest absolute Gasteiger partial charge is 0.267 e. The number of rotatable bonds is 5. The Balaban J connectivity index is 1.19. The number of aromatic nitrogens is 1. The van der Waals surface area contributed by atoms with Gasteiger partial charge in [0.2, 0.25) is 11.8 Å². The molecule has 7 nitrogen and oxygen atoms in total. The van der Waals surface area contributed by atoms with E-state index in [2.05, 4.69) is 10.3 Å². The molecule has 33 heavy (non-hydrogen) atoms. The van der Waals surface area contributed by atoms with E-state index in [-0.39, 0.29) is 23.6 Å². The number of nitrogens with one attached hydrogen (secondary N) is 2. The summed E-state index contributed by atoms with van der Waals surface area (Å²) in [4.78, 5) is 44.0. The van der Waals surface area contributed by atoms with Gasteiger partial charge < -0.3 is 20.1 Å². The molecule has 1 atom stereocenters. The summed E-state index contributed by atoms with van der Waals surface area (Å²) in [5.74, 6) is 0.0174. The summed E-state index contributed by atoms with van der Waals surface area (Å²) < 4.78 is 0. The number of carbonyl (C=O) groups excluding carboxylic acids is 3. The van der Waals surface area contributed by atoms with Crippen LogP contribution in [0.3, 0.4) is 0 Å². The van der Waals surface area contributed by atoms with Gasteiger partial charge in [-0.15, -0.1) is 0 Å². The molecule has 1 unspecified atom stereocenters. The summed E-state index contributed by atoms with van der Waals surface area (Å²) in [6.07, 6.45) is 2.93. The lowest BCUT2D eigenvalue weighted by molar-refractivity contribution is -0.119. The van der Waals surface area contributed by atoms with Crippen molar-refractivity contribution >= 4 is 51.6 Å². The van der Waals surface area contributed by atoms with E-state index in [1.54, 1.807) is 17.0 Å². The first-order chi connectivity index (χ1) is 16.0. The first kappa shape index (κ1) is 21.5. The van der Waals surface area contributed by atoms with Gasteiger partial charge in [0.05, 0.1) is 0 Å². The van der Waals surface area contributed by atoms with Gasteiger partial charge in [0.15, 0.2) is 0 Å². The lowest BCUT2D eigenvalue weighted by atomic mass is 10.1. The monoisotopic (exact) mass is 464 g/mol. The Morgan fingerprint density at radius 2 is 1.76 bits per heavy atom. The molecule has 8 heteroatoms. The first-order valence-electron chi connectivity index (χ1n) is 11.3. The van der Waals surface area contributed by atoms with E-state index >= 15 is 0 Å². The van der Waals surface area contributed by atoms with Crippen molar-refractivity contribution in [2.75, 3.05) is 29.4 Å². The third-order valence-electron chi connectivity index (χ3n) is 6.38. The summed E-state index contributed by atoms with van der Waals surface area (Å²) >= 11 is 6.02. The molecule has 2 fully saturated rings. The maximum absolute atomic E-state index is 12.6. The molecule has 5 rings (SSSR count). The Bertz CT molecular complexity index is 1220. The minimum absolute atomic E-state index is 0.0311. The van der Waals surface area contributed by atoms with Crippen LogP contribution in [0, 0.1) is 5.92 Å². The quantitative estimate of drug-likeness (QED) is 0.595. The standard InChI is InChI=1S/C25H25ClN4O3/c26-18-4-9-21-17(12-18)13-22(28-21)25(33)27-14-16-11-24(32)30(15-16)20-7-5-19(6-8-20)29-10-2-1-3-23(29)31/h4-9,12-13,16,28H,1-3,10-11,14-15H2,(H,27,33). The van der Waals surface area contributed by atoms with Crippen molar-refractivity contribution in [3.8, 4) is 0 Å². The SMILES string of the molecule is O=C(NCC1CC(=O)N(c2ccc(N3CCCCC3=O)cc2)C1)c1cc2cc(Cl)ccc2[nH]1. The van der Waals surface area contributed by atoms with Crippen molar-refractivity contribution < 1.29 is 14.4 Å². The normalized spacial score (nSPS) is 18.9. The molecule has 0 radical (unpaired) electrons. The van der Waals surface area contributed by atoms with Crippen molar-refractivity contribution in [2.24, 2.45) is 5.92 Å². The molecule has 2 saturated heterocycles. The van der Waals surface area contributed by atoms with E-state index in [4.69, 9.17) is 11.6 Å². The molecule has 2 aromatic carbocycles. The highest BCUT2D eigenvalue weighted by atomic mass is 35.5. The van der Waals surface area contributed by atoms with Crippen LogP contribution in [0.25, 0.3) is 10.9 Å². The molecule has 2 aliphatic heterocycles. The number of aromatic amines is 1. The summed E-state index contributed by atoms with van der Waals surface area (Å²) in [6, 6.07) is 14.8. The van der Waals surface area contributed by atoms with Gasteiger partial charge in [-0.3, -0.25) is 14.4 Å². The van der Waals surface area contributed by atoms with Crippen molar-refractivity contribution in [3.63, 3.8) is 0 Å². The van der Waals surface area contributed by atoms with E-state index in [1.165, 1.54) is 0 Å². The summed E-state index contributed by atoms with van der Waals surface area (Å²) in [5, 5.41) is 4.44. The predicted octanol–water partition coefficient (Wildman–Crippen LogP) is 4.12. The van der Waals surface area contributed by atoms with E-state index in [9.17, 15) is 14.4 Å². The minimum atomic E-state index is -0.205. The number of H-pyrrole nitrogens is 1. The number of amides is 3. The Hall–Kier alpha value is -3.32. The van der Waals surface area contributed by atoms with Gasteiger partial charge in [-0.1, -0.05) is 11.6 Å². The van der Waals surface area contributed by atoms with Gasteiger partial charge in [0, 0.05) is 65.7 Å². The van der Waals surface area contributed by atoms with Crippen LogP contribution in [0.5, 0.6) is 0 Å². The molecular weight excluding hydrogens is 440 g/mol. The summed E-state index contributed by atoms with van der Waals surface area (Å²) in [6.45, 7) is 1.70. The van der Waals surface area contributed by atoms with E-state index < -0.39 is 0 Å². The van der Waals surface area contributed by atoms with E-state index in [1.807, 2.05) is 41.3 Å². The topological polar surface area (TPSA) is 85.5 Å². The highest BCUT2D eigenvalue weighted by Crippen LogP contribution is 2.28. The number of hydrogen-bond donors (Lipinski definition) is 2. The molecule has 2 N–H and O–H groups in total. The molecule has 0 spiro atoms. The summed E-state index contributed by atoms with van der Waals surface area (Å²) in [7, 11) is 0. The van der Waals surface area contributed by atoms with E-state index in [0.29, 0.717) is 36.6 Å². The zero-order valence-electron chi connectivity index (χ0n) is 18.1. The average Bonchev–Trinajstić information content (AvgIpc) is 3.41. The lowest BCUT2D eigenvalue weighted by Crippen LogP contribution is -2.35. The molecular formula is C25H25ClN4O3. The molecule has 0 saturated carbocycles. The highest BCUT2D eigenvalue weighted by molar-refractivity contribution is 6.31. The van der Waals surface area contributed by atoms with Crippen molar-refractivity contribution in [1.29, 1.82) is 0 Å². The Labute approximate surface area is 196 Å². The maximum Gasteiger partial charge on any atom is 0.267 e. The van der Waals surface area contributed by atoms with E-state index in [0.717, 1.165) is 41.7 Å². The number of nitrogens with zero attached hydrogens (tertiary/aromatic N) is 2. The molecule has 170 valence electrons. The second-order valence-electron chi connectivity index (χ2n) is 8.72. The maximum atomic E-state index is 12.6. The van der Waals surface area contributed by atoms with Gasteiger partial charge in [0.25, 0.3) is 5.91 Å². The molecule has 0 bridgehead atoms. The average molecular weight is 465 g/mol. The number of anilines is 2. The van der Waals surface area contributed by atoms with Crippen LogP contribution in [0.4, 0.5) is 11.4 Å². The fourth-order valence-electron chi connectivity index (χ4n) is 4.62. The van der Waals surface area contributed by atoms with Crippen LogP contribution < -0.4 is 15.1 Å². The molecule has 2 aliphatic rings. The van der Waals surface area contributed by atoms with Crippen molar-refractivity contribution in [3.05, 3.63) is 59.2 Å². The molecule has 3 amide bonds. The Morgan fingerprint density at radius 1 is 1.00 bits per heavy atom. The largest absolute Gasteiger partial charge is 0.351 e. The second-order valence-corrected chi connectivity index (χ2v) is 9.15. The zero-order valence-corrected chi connectivity index (χ0v) is 18.9. The zero-order chi connectivity index (χ0) is 22.9. The van der Waals surface area contributed by atoms with Crippen LogP contribution in [-0.2, 0) is 9.59 Å². The summed E-state index contributed by atoms with van der Waals surface area (Å²) in [5.41, 5.74) is 3.01. The number of piperidine rings is 1. The van der Waals surface area contributed by atoms with Gasteiger partial charge in [0.1, 0.15) is 5.69 Å². The van der Waals surface area contributed by atoms with Crippen LogP contribution in [0.1, 0.15) is 36.2 Å². The lowest BCUT2D eigenvalue weighted by Gasteiger charge is -2.27. The van der Waals surface area contributed by atoms with Gasteiger partial charge >= 0.3 is 0 Å². The van der Waals surface area contributed by atoms with Gasteiger partial charge in [-0.2, -0.15) is 0 Å². The number of benzene rings is 2. The number of carbonyl (C=O) groups is 3. The van der Waals surface area contributed by atoms with Crippen molar-refractivity contribution in [1.82, 2.24) is 10.3 Å². The molecule has 1 aromatic heterocycles. The van der Waals surface area contributed by atoms with Gasteiger partial charge in [-0.25, -0.2) is 0 Å². The van der Waals surface area contributed by atoms with Crippen molar-refractivity contribution in [2.45, 2.75) is 25.7 Å². The van der Waals surface area contributed by atoms with Gasteiger partial charge in [-0.05, 0) is 61.4 Å². The van der Waals surface area contributed by atoms with Crippen LogP contribution in [0.2, 0.25) is 5.02 Å². The third kappa shape index (κ3) is 4.46. The highest BCUT2D eigenvalue weighted by Gasteiger charge is 2.31. The fourth-order valence-corrected chi connectivity index (χ4v) is 4.80.